The number of anilines is 1. The third kappa shape index (κ3) is 3.53. The molecule has 0 bridgehead atoms. The van der Waals surface area contributed by atoms with Crippen molar-refractivity contribution in [2.45, 2.75) is 45.4 Å². The van der Waals surface area contributed by atoms with Gasteiger partial charge in [0.2, 0.25) is 11.7 Å². The Morgan fingerprint density at radius 2 is 1.94 bits per heavy atom. The van der Waals surface area contributed by atoms with Crippen LogP contribution in [0.25, 0.3) is 17.1 Å². The van der Waals surface area contributed by atoms with Crippen LogP contribution in [0.15, 0.2) is 53.2 Å². The third-order valence-corrected chi connectivity index (χ3v) is 6.57. The summed E-state index contributed by atoms with van der Waals surface area (Å²) < 4.78 is 7.23. The molecule has 1 aliphatic heterocycles. The van der Waals surface area contributed by atoms with Gasteiger partial charge >= 0.3 is 0 Å². The van der Waals surface area contributed by atoms with Gasteiger partial charge in [-0.2, -0.15) is 10.1 Å². The van der Waals surface area contributed by atoms with Crippen LogP contribution >= 0.6 is 0 Å². The Balaban J connectivity index is 1.34. The van der Waals surface area contributed by atoms with E-state index < -0.39 is 0 Å². The standard InChI is InChI=1S/C26H25N5O2/c1-16-9-10-20(24-27-25(33-29-24)19-11-12-19)14-23(16)31-15-21(17(2)28-31)26(32)30-13-5-7-18-6-3-4-8-22(18)30/h3-4,6,8-10,14-15,19H,5,7,11-13H2,1-2H3. The van der Waals surface area contributed by atoms with Gasteiger partial charge in [0.15, 0.2) is 0 Å². The average molecular weight is 440 g/mol. The van der Waals surface area contributed by atoms with E-state index in [1.807, 2.05) is 61.3 Å². The molecular weight excluding hydrogens is 414 g/mol. The highest BCUT2D eigenvalue weighted by Gasteiger charge is 2.30. The Labute approximate surface area is 192 Å². The van der Waals surface area contributed by atoms with Crippen LogP contribution in [0.3, 0.4) is 0 Å². The van der Waals surface area contributed by atoms with Gasteiger partial charge in [-0.25, -0.2) is 4.68 Å². The Hall–Kier alpha value is -3.74. The molecule has 1 fully saturated rings. The van der Waals surface area contributed by atoms with Gasteiger partial charge in [0, 0.05) is 29.9 Å². The number of aromatic nitrogens is 4. The summed E-state index contributed by atoms with van der Waals surface area (Å²) in [6, 6.07) is 14.2. The zero-order valence-corrected chi connectivity index (χ0v) is 18.8. The van der Waals surface area contributed by atoms with Crippen molar-refractivity contribution in [1.29, 1.82) is 0 Å². The molecule has 2 aliphatic rings. The number of carbonyl (C=O) groups excluding carboxylic acids is 1. The molecule has 6 rings (SSSR count). The molecule has 166 valence electrons. The maximum Gasteiger partial charge on any atom is 0.261 e. The lowest BCUT2D eigenvalue weighted by molar-refractivity contribution is 0.0984. The largest absolute Gasteiger partial charge is 0.339 e. The normalized spacial score (nSPS) is 15.5. The molecule has 7 heteroatoms. The van der Waals surface area contributed by atoms with Crippen LogP contribution in [0.2, 0.25) is 0 Å². The van der Waals surface area contributed by atoms with Crippen molar-refractivity contribution >= 4 is 11.6 Å². The van der Waals surface area contributed by atoms with Gasteiger partial charge in [0.05, 0.1) is 16.9 Å². The highest BCUT2D eigenvalue weighted by molar-refractivity contribution is 6.07. The molecule has 1 amide bonds. The predicted octanol–water partition coefficient (Wildman–Crippen LogP) is 5.01. The number of aryl methyl sites for hydroxylation is 3. The smallest absolute Gasteiger partial charge is 0.261 e. The summed E-state index contributed by atoms with van der Waals surface area (Å²) in [7, 11) is 0. The molecule has 1 aliphatic carbocycles. The van der Waals surface area contributed by atoms with Crippen LogP contribution in [-0.4, -0.2) is 32.4 Å². The molecule has 33 heavy (non-hydrogen) atoms. The van der Waals surface area contributed by atoms with Crippen molar-refractivity contribution in [2.75, 3.05) is 11.4 Å². The number of benzene rings is 2. The maximum atomic E-state index is 13.5. The number of hydrogen-bond acceptors (Lipinski definition) is 5. The summed E-state index contributed by atoms with van der Waals surface area (Å²) in [5, 5.41) is 8.87. The molecule has 2 aromatic heterocycles. The predicted molar refractivity (Wildman–Crippen MR) is 125 cm³/mol. The van der Waals surface area contributed by atoms with Gasteiger partial charge in [0.25, 0.3) is 5.91 Å². The molecule has 0 N–H and O–H groups in total. The average Bonchev–Trinajstić information content (AvgIpc) is 3.44. The third-order valence-electron chi connectivity index (χ3n) is 6.57. The number of fused-ring (bicyclic) bond motifs is 1. The van der Waals surface area contributed by atoms with Crippen molar-refractivity contribution in [3.05, 3.63) is 76.9 Å². The van der Waals surface area contributed by atoms with E-state index in [-0.39, 0.29) is 5.91 Å². The first-order valence-corrected chi connectivity index (χ1v) is 11.5. The first-order chi connectivity index (χ1) is 16.1. The quantitative estimate of drug-likeness (QED) is 0.447. The van der Waals surface area contributed by atoms with Crippen LogP contribution in [0.1, 0.15) is 58.2 Å². The SMILES string of the molecule is Cc1ccc(-c2noc(C3CC3)n2)cc1-n1cc(C(=O)N2CCCc3ccccc32)c(C)n1. The fourth-order valence-corrected chi connectivity index (χ4v) is 4.53. The van der Waals surface area contributed by atoms with Gasteiger partial charge in [-0.1, -0.05) is 35.5 Å². The number of hydrogen-bond donors (Lipinski definition) is 0. The van der Waals surface area contributed by atoms with E-state index in [0.29, 0.717) is 23.0 Å². The van der Waals surface area contributed by atoms with E-state index in [0.717, 1.165) is 60.6 Å². The van der Waals surface area contributed by atoms with Gasteiger partial charge in [-0.15, -0.1) is 0 Å². The number of para-hydroxylation sites is 1. The molecule has 4 aromatic rings. The molecular formula is C26H25N5O2. The van der Waals surface area contributed by atoms with E-state index in [4.69, 9.17) is 9.62 Å². The first kappa shape index (κ1) is 19.9. The van der Waals surface area contributed by atoms with Crippen molar-refractivity contribution in [1.82, 2.24) is 19.9 Å². The summed E-state index contributed by atoms with van der Waals surface area (Å²) in [6.45, 7) is 4.64. The molecule has 7 nitrogen and oxygen atoms in total. The highest BCUT2D eigenvalue weighted by Crippen LogP contribution is 2.39. The molecule has 0 radical (unpaired) electrons. The molecule has 0 atom stereocenters. The van der Waals surface area contributed by atoms with Gasteiger partial charge < -0.3 is 9.42 Å². The Morgan fingerprint density at radius 1 is 1.09 bits per heavy atom. The van der Waals surface area contributed by atoms with E-state index in [2.05, 4.69) is 16.2 Å². The van der Waals surface area contributed by atoms with Crippen molar-refractivity contribution in [3.63, 3.8) is 0 Å². The van der Waals surface area contributed by atoms with E-state index in [9.17, 15) is 4.79 Å². The van der Waals surface area contributed by atoms with E-state index >= 15 is 0 Å². The fourth-order valence-electron chi connectivity index (χ4n) is 4.53. The molecule has 1 saturated carbocycles. The Morgan fingerprint density at radius 3 is 2.79 bits per heavy atom. The van der Waals surface area contributed by atoms with E-state index in [1.54, 1.807) is 4.68 Å². The second-order valence-electron chi connectivity index (χ2n) is 8.99. The van der Waals surface area contributed by atoms with E-state index in [1.165, 1.54) is 5.56 Å². The molecule has 3 heterocycles. The van der Waals surface area contributed by atoms with Crippen molar-refractivity contribution < 1.29 is 9.32 Å². The van der Waals surface area contributed by atoms with Crippen molar-refractivity contribution in [2.24, 2.45) is 0 Å². The number of amides is 1. The summed E-state index contributed by atoms with van der Waals surface area (Å²) in [4.78, 5) is 20.0. The maximum absolute atomic E-state index is 13.5. The first-order valence-electron chi connectivity index (χ1n) is 11.5. The van der Waals surface area contributed by atoms with Crippen LogP contribution in [-0.2, 0) is 6.42 Å². The summed E-state index contributed by atoms with van der Waals surface area (Å²) in [6.07, 6.45) is 6.04. The second-order valence-corrected chi connectivity index (χ2v) is 8.99. The highest BCUT2D eigenvalue weighted by atomic mass is 16.5. The molecule has 0 spiro atoms. The van der Waals surface area contributed by atoms with Gasteiger partial charge in [0.1, 0.15) is 0 Å². The lowest BCUT2D eigenvalue weighted by Gasteiger charge is -2.29. The zero-order valence-electron chi connectivity index (χ0n) is 18.8. The topological polar surface area (TPSA) is 77.0 Å². The minimum Gasteiger partial charge on any atom is -0.339 e. The van der Waals surface area contributed by atoms with Crippen molar-refractivity contribution in [3.8, 4) is 17.1 Å². The summed E-state index contributed by atoms with van der Waals surface area (Å²) in [5.74, 6) is 1.71. The molecule has 0 saturated heterocycles. The lowest BCUT2D eigenvalue weighted by Crippen LogP contribution is -2.35. The lowest BCUT2D eigenvalue weighted by atomic mass is 10.0. The number of rotatable bonds is 4. The second kappa shape index (κ2) is 7.69. The number of carbonyl (C=O) groups is 1. The van der Waals surface area contributed by atoms with Crippen LogP contribution in [0, 0.1) is 13.8 Å². The minimum atomic E-state index is -0.00745. The molecule has 2 aromatic carbocycles. The van der Waals surface area contributed by atoms with Crippen LogP contribution < -0.4 is 4.90 Å². The van der Waals surface area contributed by atoms with Gasteiger partial charge in [-0.05, 0) is 62.8 Å². The Bertz CT molecular complexity index is 1360. The van der Waals surface area contributed by atoms with Crippen LogP contribution in [0.4, 0.5) is 5.69 Å². The monoisotopic (exact) mass is 439 g/mol. The summed E-state index contributed by atoms with van der Waals surface area (Å²) in [5.41, 5.74) is 6.37. The zero-order chi connectivity index (χ0) is 22.5. The van der Waals surface area contributed by atoms with Gasteiger partial charge in [-0.3, -0.25) is 4.79 Å². The van der Waals surface area contributed by atoms with Crippen LogP contribution in [0.5, 0.6) is 0 Å². The summed E-state index contributed by atoms with van der Waals surface area (Å²) >= 11 is 0. The molecule has 0 unspecified atom stereocenters. The fraction of sp³-hybridized carbons (Fsp3) is 0.308. The Kier molecular flexibility index (Phi) is 4.64. The number of nitrogens with zero attached hydrogens (tertiary/aromatic N) is 5. The minimum absolute atomic E-state index is 0.00745.